The third-order valence-electron chi connectivity index (χ3n) is 5.48. The van der Waals surface area contributed by atoms with E-state index in [1.165, 1.54) is 0 Å². The fourth-order valence-electron chi connectivity index (χ4n) is 3.89. The molecule has 158 valence electrons. The van der Waals surface area contributed by atoms with E-state index in [0.717, 1.165) is 32.0 Å². The average Bonchev–Trinajstić information content (AvgIpc) is 2.83. The van der Waals surface area contributed by atoms with Crippen LogP contribution in [0.5, 0.6) is 5.75 Å². The number of sulfone groups is 1. The van der Waals surface area contributed by atoms with Crippen LogP contribution in [0, 0.1) is 0 Å². The van der Waals surface area contributed by atoms with Gasteiger partial charge in [0.2, 0.25) is 0 Å². The molecule has 1 aliphatic rings. The third-order valence-corrected chi connectivity index (χ3v) is 8.00. The second-order valence-electron chi connectivity index (χ2n) is 7.58. The lowest BCUT2D eigenvalue weighted by Gasteiger charge is -2.22. The molecule has 0 atom stereocenters. The summed E-state index contributed by atoms with van der Waals surface area (Å²) >= 11 is 3.74. The number of allylic oxidation sites excluding steroid dienone is 1. The van der Waals surface area contributed by atoms with Crippen LogP contribution in [0.1, 0.15) is 11.1 Å². The lowest BCUT2D eigenvalue weighted by Crippen LogP contribution is -2.14. The number of hydrogen-bond donors (Lipinski definition) is 0. The van der Waals surface area contributed by atoms with Crippen molar-refractivity contribution in [2.75, 3.05) is 5.75 Å². The second kappa shape index (κ2) is 8.41. The number of para-hydroxylation sites is 1. The van der Waals surface area contributed by atoms with Gasteiger partial charge in [0.25, 0.3) is 0 Å². The number of ether oxygens (including phenoxy) is 1. The number of benzene rings is 4. The van der Waals surface area contributed by atoms with Crippen molar-refractivity contribution in [3.8, 4) is 5.75 Å². The van der Waals surface area contributed by atoms with Gasteiger partial charge in [-0.05, 0) is 50.5 Å². The normalized spacial score (nSPS) is 15.0. The van der Waals surface area contributed by atoms with E-state index in [1.807, 2.05) is 84.9 Å². The van der Waals surface area contributed by atoms with Crippen molar-refractivity contribution in [3.63, 3.8) is 0 Å². The standard InChI is InChI=1S/C27H19BrO3S/c28-27(20-9-2-1-3-10-20)26-22(17-31-25-13-7-6-12-24(25)26)18-32(29,30)23-15-14-19-8-4-5-11-21(19)16-23/h1-17H,18H2/b27-26-. The molecular formula is C27H19BrO3S. The first-order chi connectivity index (χ1) is 15.5. The van der Waals surface area contributed by atoms with Crippen LogP contribution >= 0.6 is 15.9 Å². The molecule has 4 aromatic rings. The predicted octanol–water partition coefficient (Wildman–Crippen LogP) is 6.85. The molecule has 0 amide bonds. The van der Waals surface area contributed by atoms with Crippen LogP contribution in [0.4, 0.5) is 0 Å². The fourth-order valence-corrected chi connectivity index (χ4v) is 5.99. The average molecular weight is 503 g/mol. The van der Waals surface area contributed by atoms with Crippen LogP contribution in [-0.4, -0.2) is 14.2 Å². The Bertz CT molecular complexity index is 1490. The molecule has 0 saturated carbocycles. The van der Waals surface area contributed by atoms with Gasteiger partial charge in [-0.15, -0.1) is 0 Å². The number of hydrogen-bond acceptors (Lipinski definition) is 3. The minimum Gasteiger partial charge on any atom is -0.464 e. The van der Waals surface area contributed by atoms with Crippen LogP contribution < -0.4 is 4.74 Å². The van der Waals surface area contributed by atoms with Gasteiger partial charge in [-0.2, -0.15) is 0 Å². The molecule has 0 aliphatic carbocycles. The lowest BCUT2D eigenvalue weighted by molar-refractivity contribution is 0.470. The van der Waals surface area contributed by atoms with Crippen molar-refractivity contribution in [2.24, 2.45) is 0 Å². The van der Waals surface area contributed by atoms with Crippen LogP contribution in [0.3, 0.4) is 0 Å². The molecule has 5 rings (SSSR count). The second-order valence-corrected chi connectivity index (χ2v) is 10.4. The smallest absolute Gasteiger partial charge is 0.182 e. The molecule has 3 nitrogen and oxygen atoms in total. The number of halogens is 1. The Morgan fingerprint density at radius 3 is 2.28 bits per heavy atom. The van der Waals surface area contributed by atoms with Crippen molar-refractivity contribution in [3.05, 3.63) is 120 Å². The maximum absolute atomic E-state index is 13.4. The van der Waals surface area contributed by atoms with Gasteiger partial charge in [-0.3, -0.25) is 0 Å². The fraction of sp³-hybridized carbons (Fsp3) is 0.0370. The SMILES string of the molecule is O=S(=O)(CC1=COc2ccccc2/C1=C(\Br)c1ccccc1)c1ccc2ccccc2c1. The Balaban J connectivity index is 1.60. The first-order valence-corrected chi connectivity index (χ1v) is 12.6. The molecule has 32 heavy (non-hydrogen) atoms. The number of fused-ring (bicyclic) bond motifs is 2. The van der Waals surface area contributed by atoms with Gasteiger partial charge in [-0.25, -0.2) is 8.42 Å². The summed E-state index contributed by atoms with van der Waals surface area (Å²) in [7, 11) is -3.61. The van der Waals surface area contributed by atoms with Gasteiger partial charge in [0, 0.05) is 21.2 Å². The van der Waals surface area contributed by atoms with Crippen LogP contribution in [0.25, 0.3) is 20.8 Å². The van der Waals surface area contributed by atoms with Gasteiger partial charge >= 0.3 is 0 Å². The predicted molar refractivity (Wildman–Crippen MR) is 133 cm³/mol. The zero-order chi connectivity index (χ0) is 22.1. The largest absolute Gasteiger partial charge is 0.464 e. The highest BCUT2D eigenvalue weighted by Crippen LogP contribution is 2.43. The van der Waals surface area contributed by atoms with E-state index in [-0.39, 0.29) is 5.75 Å². The van der Waals surface area contributed by atoms with E-state index in [4.69, 9.17) is 4.74 Å². The van der Waals surface area contributed by atoms with Gasteiger partial charge in [0.15, 0.2) is 9.84 Å². The Hall–Kier alpha value is -3.15. The molecule has 0 spiro atoms. The maximum Gasteiger partial charge on any atom is 0.182 e. The molecule has 5 heteroatoms. The highest BCUT2D eigenvalue weighted by atomic mass is 79.9. The molecule has 0 unspecified atom stereocenters. The van der Waals surface area contributed by atoms with E-state index < -0.39 is 9.84 Å². The summed E-state index contributed by atoms with van der Waals surface area (Å²) in [5.74, 6) is 0.527. The Morgan fingerprint density at radius 2 is 1.47 bits per heavy atom. The molecule has 0 bridgehead atoms. The quantitative estimate of drug-likeness (QED) is 0.306. The molecule has 0 N–H and O–H groups in total. The topological polar surface area (TPSA) is 43.4 Å². The molecule has 0 fully saturated rings. The monoisotopic (exact) mass is 502 g/mol. The summed E-state index contributed by atoms with van der Waals surface area (Å²) in [6.07, 6.45) is 1.56. The van der Waals surface area contributed by atoms with E-state index in [9.17, 15) is 8.42 Å². The molecule has 0 saturated heterocycles. The van der Waals surface area contributed by atoms with E-state index in [2.05, 4.69) is 15.9 Å². The van der Waals surface area contributed by atoms with Crippen molar-refractivity contribution in [1.82, 2.24) is 0 Å². The lowest BCUT2D eigenvalue weighted by atomic mass is 9.95. The van der Waals surface area contributed by atoms with Crippen molar-refractivity contribution >= 4 is 46.6 Å². The van der Waals surface area contributed by atoms with Crippen molar-refractivity contribution in [2.45, 2.75) is 4.90 Å². The summed E-state index contributed by atoms with van der Waals surface area (Å²) in [6, 6.07) is 30.5. The van der Waals surface area contributed by atoms with Gasteiger partial charge in [0.05, 0.1) is 16.9 Å². The number of rotatable bonds is 4. The van der Waals surface area contributed by atoms with Gasteiger partial charge < -0.3 is 4.74 Å². The van der Waals surface area contributed by atoms with Gasteiger partial charge in [0.1, 0.15) is 5.75 Å². The highest BCUT2D eigenvalue weighted by molar-refractivity contribution is 9.15. The van der Waals surface area contributed by atoms with E-state index in [0.29, 0.717) is 16.2 Å². The summed E-state index contributed by atoms with van der Waals surface area (Å²) in [5.41, 5.74) is 3.25. The Morgan fingerprint density at radius 1 is 0.781 bits per heavy atom. The summed E-state index contributed by atoms with van der Waals surface area (Å²) in [5, 5.41) is 1.90. The van der Waals surface area contributed by atoms with Crippen molar-refractivity contribution < 1.29 is 13.2 Å². The Kier molecular flexibility index (Phi) is 5.45. The summed E-state index contributed by atoms with van der Waals surface area (Å²) in [4.78, 5) is 0.297. The summed E-state index contributed by atoms with van der Waals surface area (Å²) in [6.45, 7) is 0. The zero-order valence-electron chi connectivity index (χ0n) is 17.0. The molecule has 1 aliphatic heterocycles. The van der Waals surface area contributed by atoms with Crippen LogP contribution in [0.2, 0.25) is 0 Å². The molecule has 0 aromatic heterocycles. The van der Waals surface area contributed by atoms with E-state index >= 15 is 0 Å². The molecular weight excluding hydrogens is 484 g/mol. The minimum atomic E-state index is -3.61. The minimum absolute atomic E-state index is 0.170. The van der Waals surface area contributed by atoms with Crippen LogP contribution in [-0.2, 0) is 9.84 Å². The zero-order valence-corrected chi connectivity index (χ0v) is 19.4. The molecule has 4 aromatic carbocycles. The van der Waals surface area contributed by atoms with Crippen molar-refractivity contribution in [1.29, 1.82) is 0 Å². The summed E-state index contributed by atoms with van der Waals surface area (Å²) < 4.78 is 33.5. The molecule has 0 radical (unpaired) electrons. The first-order valence-electron chi connectivity index (χ1n) is 10.2. The maximum atomic E-state index is 13.4. The van der Waals surface area contributed by atoms with E-state index in [1.54, 1.807) is 18.4 Å². The first kappa shape index (κ1) is 20.7. The van der Waals surface area contributed by atoms with Gasteiger partial charge in [-0.1, -0.05) is 78.9 Å². The van der Waals surface area contributed by atoms with Crippen LogP contribution in [0.15, 0.2) is 114 Å². The molecule has 1 heterocycles. The Labute approximate surface area is 195 Å². The highest BCUT2D eigenvalue weighted by Gasteiger charge is 2.27. The third kappa shape index (κ3) is 3.90.